The highest BCUT2D eigenvalue weighted by atomic mass is 79.9. The lowest BCUT2D eigenvalue weighted by Crippen LogP contribution is -2.30. The van der Waals surface area contributed by atoms with Crippen molar-refractivity contribution in [3.8, 4) is 0 Å². The third-order valence-electron chi connectivity index (χ3n) is 2.55. The maximum absolute atomic E-state index is 12.2. The van der Waals surface area contributed by atoms with Gasteiger partial charge in [-0.25, -0.2) is 4.98 Å². The van der Waals surface area contributed by atoms with Crippen molar-refractivity contribution in [3.05, 3.63) is 22.3 Å². The van der Waals surface area contributed by atoms with E-state index in [1.54, 1.807) is 38.2 Å². The number of halogens is 1. The summed E-state index contributed by atoms with van der Waals surface area (Å²) < 4.78 is 0.758. The molecule has 0 radical (unpaired) electrons. The van der Waals surface area contributed by atoms with Gasteiger partial charge in [-0.05, 0) is 35.3 Å². The van der Waals surface area contributed by atoms with Gasteiger partial charge in [0, 0.05) is 31.3 Å². The van der Waals surface area contributed by atoms with Crippen LogP contribution in [0, 0.1) is 0 Å². The van der Waals surface area contributed by atoms with Crippen molar-refractivity contribution in [2.45, 2.75) is 19.4 Å². The number of rotatable bonds is 5. The van der Waals surface area contributed by atoms with Crippen LogP contribution in [0.1, 0.15) is 23.7 Å². The molecule has 0 aromatic carbocycles. The molecule has 1 aromatic rings. The molecule has 6 heteroatoms. The molecular formula is C12H18BrN3O2. The van der Waals surface area contributed by atoms with Crippen LogP contribution in [-0.2, 0) is 0 Å². The maximum Gasteiger partial charge on any atom is 0.257 e. The minimum atomic E-state index is -0.412. The number of aliphatic hydroxyl groups excluding tert-OH is 1. The van der Waals surface area contributed by atoms with Gasteiger partial charge in [-0.1, -0.05) is 0 Å². The van der Waals surface area contributed by atoms with Gasteiger partial charge in [0.25, 0.3) is 5.91 Å². The van der Waals surface area contributed by atoms with E-state index in [0.717, 1.165) is 4.47 Å². The minimum Gasteiger partial charge on any atom is -0.393 e. The highest BCUT2D eigenvalue weighted by Crippen LogP contribution is 2.19. The van der Waals surface area contributed by atoms with Crippen LogP contribution in [-0.4, -0.2) is 47.6 Å². The topological polar surface area (TPSA) is 65.5 Å². The molecule has 0 aliphatic carbocycles. The van der Waals surface area contributed by atoms with Gasteiger partial charge < -0.3 is 15.3 Å². The molecule has 0 aliphatic heterocycles. The Kier molecular flexibility index (Phi) is 5.55. The van der Waals surface area contributed by atoms with E-state index in [2.05, 4.69) is 26.2 Å². The van der Waals surface area contributed by atoms with Crippen molar-refractivity contribution in [3.63, 3.8) is 0 Å². The van der Waals surface area contributed by atoms with Gasteiger partial charge in [0.1, 0.15) is 5.82 Å². The molecule has 1 rings (SSSR count). The molecular weight excluding hydrogens is 298 g/mol. The molecule has 18 heavy (non-hydrogen) atoms. The van der Waals surface area contributed by atoms with Gasteiger partial charge in [0.2, 0.25) is 0 Å². The highest BCUT2D eigenvalue weighted by molar-refractivity contribution is 9.10. The highest BCUT2D eigenvalue weighted by Gasteiger charge is 2.17. The summed E-state index contributed by atoms with van der Waals surface area (Å²) in [4.78, 5) is 18.0. The molecule has 1 unspecified atom stereocenters. The normalized spacial score (nSPS) is 12.1. The van der Waals surface area contributed by atoms with Crippen LogP contribution in [0.25, 0.3) is 0 Å². The molecule has 1 aromatic heterocycles. The lowest BCUT2D eigenvalue weighted by atomic mass is 10.2. The number of aromatic nitrogens is 1. The third kappa shape index (κ3) is 3.96. The number of nitrogens with one attached hydrogen (secondary N) is 1. The number of nitrogens with zero attached hydrogens (tertiary/aromatic N) is 2. The smallest absolute Gasteiger partial charge is 0.257 e. The standard InChI is InChI=1S/C12H18BrN3O2/c1-8(17)4-5-16(3)12(18)10-6-9(13)7-15-11(10)14-2/h6-8,17H,4-5H2,1-3H3,(H,14,15). The van der Waals surface area contributed by atoms with Crippen LogP contribution < -0.4 is 5.32 Å². The Hall–Kier alpha value is -1.14. The van der Waals surface area contributed by atoms with Crippen LogP contribution in [0.5, 0.6) is 0 Å². The predicted octanol–water partition coefficient (Wildman–Crippen LogP) is 1.73. The van der Waals surface area contributed by atoms with E-state index in [1.807, 2.05) is 0 Å². The van der Waals surface area contributed by atoms with Crippen molar-refractivity contribution >= 4 is 27.7 Å². The number of pyridine rings is 1. The summed E-state index contributed by atoms with van der Waals surface area (Å²) >= 11 is 3.30. The monoisotopic (exact) mass is 315 g/mol. The Morgan fingerprint density at radius 1 is 1.67 bits per heavy atom. The van der Waals surface area contributed by atoms with Gasteiger partial charge >= 0.3 is 0 Å². The van der Waals surface area contributed by atoms with E-state index < -0.39 is 6.10 Å². The maximum atomic E-state index is 12.2. The van der Waals surface area contributed by atoms with E-state index in [9.17, 15) is 9.90 Å². The van der Waals surface area contributed by atoms with Crippen molar-refractivity contribution in [1.82, 2.24) is 9.88 Å². The van der Waals surface area contributed by atoms with Crippen LogP contribution in [0.2, 0.25) is 0 Å². The van der Waals surface area contributed by atoms with Gasteiger partial charge in [0.15, 0.2) is 0 Å². The number of hydrogen-bond acceptors (Lipinski definition) is 4. The zero-order chi connectivity index (χ0) is 13.7. The molecule has 0 fully saturated rings. The van der Waals surface area contributed by atoms with Gasteiger partial charge in [-0.3, -0.25) is 4.79 Å². The minimum absolute atomic E-state index is 0.117. The second kappa shape index (κ2) is 6.70. The number of anilines is 1. The Morgan fingerprint density at radius 3 is 2.89 bits per heavy atom. The predicted molar refractivity (Wildman–Crippen MR) is 74.7 cm³/mol. The molecule has 0 spiro atoms. The zero-order valence-electron chi connectivity index (χ0n) is 10.8. The van der Waals surface area contributed by atoms with Crippen LogP contribution >= 0.6 is 15.9 Å². The first-order valence-electron chi connectivity index (χ1n) is 5.72. The largest absolute Gasteiger partial charge is 0.393 e. The molecule has 100 valence electrons. The van der Waals surface area contributed by atoms with E-state index in [0.29, 0.717) is 24.3 Å². The van der Waals surface area contributed by atoms with E-state index in [-0.39, 0.29) is 5.91 Å². The molecule has 0 bridgehead atoms. The van der Waals surface area contributed by atoms with Crippen LogP contribution in [0.3, 0.4) is 0 Å². The van der Waals surface area contributed by atoms with E-state index >= 15 is 0 Å². The molecule has 1 atom stereocenters. The second-order valence-corrected chi connectivity index (χ2v) is 5.08. The molecule has 5 nitrogen and oxygen atoms in total. The first kappa shape index (κ1) is 14.9. The summed E-state index contributed by atoms with van der Waals surface area (Å²) in [5, 5.41) is 12.1. The quantitative estimate of drug-likeness (QED) is 0.868. The lowest BCUT2D eigenvalue weighted by Gasteiger charge is -2.19. The summed E-state index contributed by atoms with van der Waals surface area (Å²) in [6.07, 6.45) is 1.78. The van der Waals surface area contributed by atoms with Crippen molar-refractivity contribution < 1.29 is 9.90 Å². The van der Waals surface area contributed by atoms with Gasteiger partial charge in [-0.2, -0.15) is 0 Å². The first-order valence-corrected chi connectivity index (χ1v) is 6.51. The average Bonchev–Trinajstić information content (AvgIpc) is 2.34. The molecule has 0 saturated heterocycles. The number of aliphatic hydroxyl groups is 1. The molecule has 2 N–H and O–H groups in total. The molecule has 0 saturated carbocycles. The summed E-state index contributed by atoms with van der Waals surface area (Å²) in [7, 11) is 3.44. The fourth-order valence-corrected chi connectivity index (χ4v) is 1.82. The second-order valence-electron chi connectivity index (χ2n) is 4.16. The van der Waals surface area contributed by atoms with Crippen molar-refractivity contribution in [2.24, 2.45) is 0 Å². The third-order valence-corrected chi connectivity index (χ3v) is 2.98. The van der Waals surface area contributed by atoms with Crippen LogP contribution in [0.15, 0.2) is 16.7 Å². The number of carbonyl (C=O) groups excluding carboxylic acids is 1. The van der Waals surface area contributed by atoms with Crippen molar-refractivity contribution in [1.29, 1.82) is 0 Å². The fraction of sp³-hybridized carbons (Fsp3) is 0.500. The Labute approximate surface area is 115 Å². The first-order chi connectivity index (χ1) is 8.45. The molecule has 0 aliphatic rings. The summed E-state index contributed by atoms with van der Waals surface area (Å²) in [5.74, 6) is 0.431. The summed E-state index contributed by atoms with van der Waals surface area (Å²) in [6.45, 7) is 2.21. The number of carbonyl (C=O) groups is 1. The number of amides is 1. The van der Waals surface area contributed by atoms with Gasteiger partial charge in [-0.15, -0.1) is 0 Å². The van der Waals surface area contributed by atoms with Crippen LogP contribution in [0.4, 0.5) is 5.82 Å². The van der Waals surface area contributed by atoms with E-state index in [4.69, 9.17) is 0 Å². The lowest BCUT2D eigenvalue weighted by molar-refractivity contribution is 0.0769. The Balaban J connectivity index is 2.85. The molecule has 1 heterocycles. The Morgan fingerprint density at radius 2 is 2.33 bits per heavy atom. The number of hydrogen-bond donors (Lipinski definition) is 2. The summed E-state index contributed by atoms with van der Waals surface area (Å²) in [6, 6.07) is 1.74. The molecule has 1 amide bonds. The Bertz CT molecular complexity index is 424. The van der Waals surface area contributed by atoms with E-state index in [1.165, 1.54) is 0 Å². The average molecular weight is 316 g/mol. The van der Waals surface area contributed by atoms with Crippen molar-refractivity contribution in [2.75, 3.05) is 26.0 Å². The SMILES string of the molecule is CNc1ncc(Br)cc1C(=O)N(C)CCC(C)O. The van der Waals surface area contributed by atoms with Gasteiger partial charge in [0.05, 0.1) is 11.7 Å². The fourth-order valence-electron chi connectivity index (χ4n) is 1.49. The zero-order valence-corrected chi connectivity index (χ0v) is 12.4. The summed E-state index contributed by atoms with van der Waals surface area (Å²) in [5.41, 5.74) is 0.514.